The average molecular weight is 1020 g/mol. The molecule has 8 aliphatic rings. The van der Waals surface area contributed by atoms with Gasteiger partial charge in [0.1, 0.15) is 0 Å². The Bertz CT molecular complexity index is 1940. The quantitative estimate of drug-likeness (QED) is 0.0483. The molecule has 14 nitrogen and oxygen atoms in total. The van der Waals surface area contributed by atoms with Crippen molar-refractivity contribution in [3.05, 3.63) is 0 Å². The summed E-state index contributed by atoms with van der Waals surface area (Å²) in [5.74, 6) is 4.23. The maximum absolute atomic E-state index is 12.5. The number of hydrogen-bond donors (Lipinski definition) is 8. The summed E-state index contributed by atoms with van der Waals surface area (Å²) in [7, 11) is -8.20. The predicted molar refractivity (Wildman–Crippen MR) is 272 cm³/mol. The molecule has 0 saturated heterocycles. The summed E-state index contributed by atoms with van der Waals surface area (Å²) in [5.41, 5.74) is 0.796. The minimum absolute atomic E-state index is 0.0748. The molecule has 0 heterocycles. The van der Waals surface area contributed by atoms with Crippen LogP contribution in [0, 0.1) is 92.7 Å². The Morgan fingerprint density at radius 2 is 0.871 bits per heavy atom. The molecule has 8 fully saturated rings. The second kappa shape index (κ2) is 21.3. The first kappa shape index (κ1) is 54.8. The van der Waals surface area contributed by atoms with Gasteiger partial charge in [0.15, 0.2) is 0 Å². The first-order valence-electron chi connectivity index (χ1n) is 28.1. The SMILES string of the molecule is C[C@H](CCC(=O)NCCS(=O)(=O)O)[C@H]1CC[C@H]2C3[C@@H](O)CC4CC(NCCNC5CC[C@]6(C)C(C5)C[C@@H](O)C5[C@H]6CC[C@]6(C)[C@H]5CC[C@H]6[C@@H](C)CCC(=O)NCCS(=O)(=O)O)CC[C@]4(C)[C@H]3CC[C@]12C. The molecule has 0 spiro atoms. The lowest BCUT2D eigenvalue weighted by atomic mass is 9.43. The summed E-state index contributed by atoms with van der Waals surface area (Å²) < 4.78 is 62.3. The molecular weight excluding hydrogens is 929 g/mol. The van der Waals surface area contributed by atoms with E-state index < -0.39 is 31.7 Å². The highest BCUT2D eigenvalue weighted by molar-refractivity contribution is 7.86. The normalized spacial score (nSPS) is 44.4. The van der Waals surface area contributed by atoms with Gasteiger partial charge in [0.25, 0.3) is 20.2 Å². The van der Waals surface area contributed by atoms with E-state index in [4.69, 9.17) is 9.11 Å². The van der Waals surface area contributed by atoms with Gasteiger partial charge >= 0.3 is 0 Å². The third-order valence-electron chi connectivity index (χ3n) is 22.9. The van der Waals surface area contributed by atoms with E-state index in [0.29, 0.717) is 95.9 Å². The molecule has 8 rings (SSSR count). The third kappa shape index (κ3) is 11.3. The summed E-state index contributed by atoms with van der Waals surface area (Å²) in [5, 5.41) is 37.3. The van der Waals surface area contributed by atoms with Crippen LogP contribution in [0.15, 0.2) is 0 Å². The van der Waals surface area contributed by atoms with Crippen LogP contribution in [0.25, 0.3) is 0 Å². The van der Waals surface area contributed by atoms with Crippen molar-refractivity contribution < 1.29 is 45.7 Å². The van der Waals surface area contributed by atoms with E-state index in [1.165, 1.54) is 51.4 Å². The highest BCUT2D eigenvalue weighted by atomic mass is 32.2. The van der Waals surface area contributed by atoms with Gasteiger partial charge < -0.3 is 31.5 Å². The Labute approximate surface area is 421 Å². The van der Waals surface area contributed by atoms with Crippen LogP contribution in [0.5, 0.6) is 0 Å². The van der Waals surface area contributed by atoms with Crippen LogP contribution in [0.1, 0.15) is 170 Å². The zero-order valence-corrected chi connectivity index (χ0v) is 45.3. The van der Waals surface area contributed by atoms with Gasteiger partial charge in [-0.1, -0.05) is 41.5 Å². The van der Waals surface area contributed by atoms with Gasteiger partial charge in [0, 0.05) is 51.1 Å². The lowest BCUT2D eigenvalue weighted by Crippen LogP contribution is -2.60. The van der Waals surface area contributed by atoms with Crippen molar-refractivity contribution in [2.45, 2.75) is 194 Å². The van der Waals surface area contributed by atoms with E-state index in [1.807, 2.05) is 0 Å². The van der Waals surface area contributed by atoms with Crippen molar-refractivity contribution in [3.63, 3.8) is 0 Å². The molecule has 0 bridgehead atoms. The number of rotatable bonds is 19. The van der Waals surface area contributed by atoms with E-state index in [-0.39, 0.29) is 58.8 Å². The van der Waals surface area contributed by atoms with E-state index >= 15 is 0 Å². The van der Waals surface area contributed by atoms with Crippen molar-refractivity contribution in [2.24, 2.45) is 92.7 Å². The summed E-state index contributed by atoms with van der Waals surface area (Å²) in [6.45, 7) is 16.4. The average Bonchev–Trinajstić information content (AvgIpc) is 3.83. The molecule has 20 atom stereocenters. The van der Waals surface area contributed by atoms with Crippen LogP contribution in [0.4, 0.5) is 0 Å². The van der Waals surface area contributed by atoms with Crippen molar-refractivity contribution in [2.75, 3.05) is 37.7 Å². The number of aliphatic hydroxyl groups is 2. The zero-order valence-electron chi connectivity index (χ0n) is 43.7. The van der Waals surface area contributed by atoms with Gasteiger partial charge in [-0.3, -0.25) is 18.7 Å². The van der Waals surface area contributed by atoms with Gasteiger partial charge in [-0.25, -0.2) is 0 Å². The molecule has 70 heavy (non-hydrogen) atoms. The summed E-state index contributed by atoms with van der Waals surface area (Å²) in [6.07, 6.45) is 19.8. The Morgan fingerprint density at radius 1 is 0.514 bits per heavy atom. The number of carbonyl (C=O) groups excluding carboxylic acids is 2. The number of carbonyl (C=O) groups is 2. The van der Waals surface area contributed by atoms with Crippen LogP contribution in [0.2, 0.25) is 0 Å². The minimum Gasteiger partial charge on any atom is -0.393 e. The molecule has 8 N–H and O–H groups in total. The lowest BCUT2D eigenvalue weighted by Gasteiger charge is -2.63. The van der Waals surface area contributed by atoms with Crippen LogP contribution in [-0.4, -0.2) is 110 Å². The molecule has 0 aromatic carbocycles. The molecule has 0 radical (unpaired) electrons. The van der Waals surface area contributed by atoms with Crippen LogP contribution >= 0.6 is 0 Å². The first-order chi connectivity index (χ1) is 32.9. The lowest BCUT2D eigenvalue weighted by molar-refractivity contribution is -0.167. The second-order valence-corrected chi connectivity index (χ2v) is 29.3. The number of amides is 2. The zero-order chi connectivity index (χ0) is 50.6. The van der Waals surface area contributed by atoms with Gasteiger partial charge in [0.2, 0.25) is 11.8 Å². The molecule has 0 aromatic rings. The van der Waals surface area contributed by atoms with Crippen LogP contribution in [0.3, 0.4) is 0 Å². The summed E-state index contributed by atoms with van der Waals surface area (Å²) in [4.78, 5) is 25.0. The molecular formula is C54H94N4O10S2. The first-order valence-corrected chi connectivity index (χ1v) is 31.3. The highest BCUT2D eigenvalue weighted by Crippen LogP contribution is 2.70. The fourth-order valence-electron chi connectivity index (χ4n) is 19.3. The number of hydrogen-bond acceptors (Lipinski definition) is 10. The van der Waals surface area contributed by atoms with Crippen molar-refractivity contribution >= 4 is 32.1 Å². The van der Waals surface area contributed by atoms with E-state index in [1.54, 1.807) is 0 Å². The maximum atomic E-state index is 12.5. The molecule has 0 aliphatic heterocycles. The topological polar surface area (TPSA) is 231 Å². The largest absolute Gasteiger partial charge is 0.393 e. The van der Waals surface area contributed by atoms with Crippen LogP contribution in [-0.2, 0) is 29.8 Å². The molecule has 0 aromatic heterocycles. The monoisotopic (exact) mass is 1020 g/mol. The van der Waals surface area contributed by atoms with Crippen molar-refractivity contribution in [1.82, 2.24) is 21.3 Å². The predicted octanol–water partition coefficient (Wildman–Crippen LogP) is 7.00. The standard InChI is InChI=1S/C54H94N4O10S2/c1-33(7-13-47(61)57-25-27-69(63,64)65)39-9-11-41-49-43(17-21-53(39,41)5)51(3)19-15-37(29-35(51)31-45(49)59)55-23-24-56-38-16-20-52(4)36(30-38)32-46(60)50-42-12-10-40(54(42,6)22-18-44(50)52)34(2)8-14-48(62)58-26-28-70(66,67)68/h33-46,49-50,55-56,59-60H,7-32H2,1-6H3,(H,57,61)(H,58,62)(H,63,64,65)(H,66,67,68)/t33-,34+,35?,36?,37?,38?,39-,40+,41-,42-,43+,44-,45+,46-,49?,50?,51+,52-,53-,54+/m0/s1. The summed E-state index contributed by atoms with van der Waals surface area (Å²) >= 11 is 0. The maximum Gasteiger partial charge on any atom is 0.266 e. The van der Waals surface area contributed by atoms with Crippen LogP contribution < -0.4 is 21.3 Å². The molecule has 16 heteroatoms. The Hall–Kier alpha value is -1.40. The van der Waals surface area contributed by atoms with Gasteiger partial charge in [0.05, 0.1) is 23.7 Å². The smallest absolute Gasteiger partial charge is 0.266 e. The number of fused-ring (bicyclic) bond motifs is 10. The fraction of sp³-hybridized carbons (Fsp3) is 0.963. The van der Waals surface area contributed by atoms with Gasteiger partial charge in [-0.15, -0.1) is 0 Å². The molecule has 8 aliphatic carbocycles. The van der Waals surface area contributed by atoms with E-state index in [2.05, 4.69) is 62.8 Å². The highest BCUT2D eigenvalue weighted by Gasteiger charge is 2.65. The Balaban J connectivity index is 0.768. The Kier molecular flexibility index (Phi) is 16.7. The number of aliphatic hydroxyl groups excluding tert-OH is 2. The number of nitrogens with one attached hydrogen (secondary N) is 4. The van der Waals surface area contributed by atoms with E-state index in [0.717, 1.165) is 77.3 Å². The molecule has 2 amide bonds. The van der Waals surface area contributed by atoms with Gasteiger partial charge in [-0.05, 0) is 208 Å². The van der Waals surface area contributed by atoms with Gasteiger partial charge in [-0.2, -0.15) is 16.8 Å². The molecule has 6 unspecified atom stereocenters. The fourth-order valence-corrected chi connectivity index (χ4v) is 20.0. The van der Waals surface area contributed by atoms with Crippen molar-refractivity contribution in [3.8, 4) is 0 Å². The molecule has 402 valence electrons. The van der Waals surface area contributed by atoms with Crippen molar-refractivity contribution in [1.29, 1.82) is 0 Å². The third-order valence-corrected chi connectivity index (χ3v) is 24.3. The molecule has 8 saturated carbocycles. The summed E-state index contributed by atoms with van der Waals surface area (Å²) in [6, 6.07) is 0.944. The van der Waals surface area contributed by atoms with E-state index in [9.17, 15) is 36.6 Å². The Morgan fingerprint density at radius 3 is 1.24 bits per heavy atom. The second-order valence-electron chi connectivity index (χ2n) is 26.2. The minimum atomic E-state index is -4.10.